The van der Waals surface area contributed by atoms with Crippen molar-refractivity contribution in [3.63, 3.8) is 0 Å². The van der Waals surface area contributed by atoms with Crippen molar-refractivity contribution in [1.82, 2.24) is 15.6 Å². The van der Waals surface area contributed by atoms with Gasteiger partial charge in [0.2, 0.25) is 11.8 Å². The molecule has 1 aromatic heterocycles. The Bertz CT molecular complexity index is 1160. The van der Waals surface area contributed by atoms with Crippen molar-refractivity contribution in [3.05, 3.63) is 71.4 Å². The van der Waals surface area contributed by atoms with E-state index in [1.165, 1.54) is 19.1 Å². The molecule has 0 aliphatic heterocycles. The Hall–Kier alpha value is -3.73. The van der Waals surface area contributed by atoms with Gasteiger partial charge in [-0.1, -0.05) is 36.1 Å². The first-order valence-corrected chi connectivity index (χ1v) is 9.50. The summed E-state index contributed by atoms with van der Waals surface area (Å²) < 4.78 is 38.3. The standard InChI is InChI=1S/C23H20F3N3O2/c1-15(30)29-21(13-17-14-28-20-10-3-2-9-19(17)20)22(31)27-11-5-7-16-6-4-8-18(12-16)23(24,25)26/h2-4,6,8-10,12,14,21,28H,11,13H2,1H3,(H,27,31)(H,29,30)/t21-/m0/s1. The lowest BCUT2D eigenvalue weighted by molar-refractivity contribution is -0.137. The molecule has 0 saturated heterocycles. The van der Waals surface area contributed by atoms with Crippen molar-refractivity contribution in [3.8, 4) is 11.8 Å². The number of nitrogens with one attached hydrogen (secondary N) is 3. The molecule has 3 aromatic rings. The average Bonchev–Trinajstić information content (AvgIpc) is 3.13. The first-order valence-electron chi connectivity index (χ1n) is 9.50. The lowest BCUT2D eigenvalue weighted by Gasteiger charge is -2.16. The van der Waals surface area contributed by atoms with Gasteiger partial charge in [0, 0.05) is 36.0 Å². The molecule has 0 saturated carbocycles. The minimum Gasteiger partial charge on any atom is -0.361 e. The fourth-order valence-corrected chi connectivity index (χ4v) is 3.15. The third kappa shape index (κ3) is 5.89. The van der Waals surface area contributed by atoms with Crippen LogP contribution in [0.1, 0.15) is 23.6 Å². The highest BCUT2D eigenvalue weighted by Gasteiger charge is 2.30. The number of aromatic amines is 1. The van der Waals surface area contributed by atoms with Gasteiger partial charge < -0.3 is 15.6 Å². The van der Waals surface area contributed by atoms with Crippen LogP contribution in [0.25, 0.3) is 10.9 Å². The van der Waals surface area contributed by atoms with Gasteiger partial charge in [0.15, 0.2) is 0 Å². The molecule has 31 heavy (non-hydrogen) atoms. The summed E-state index contributed by atoms with van der Waals surface area (Å²) in [6, 6.07) is 11.5. The van der Waals surface area contributed by atoms with Crippen molar-refractivity contribution >= 4 is 22.7 Å². The van der Waals surface area contributed by atoms with Crippen LogP contribution >= 0.6 is 0 Å². The van der Waals surface area contributed by atoms with Crippen LogP contribution in [0.15, 0.2) is 54.7 Å². The van der Waals surface area contributed by atoms with Crippen LogP contribution in [0.4, 0.5) is 13.2 Å². The highest BCUT2D eigenvalue weighted by Crippen LogP contribution is 2.29. The number of halogens is 3. The van der Waals surface area contributed by atoms with E-state index in [-0.39, 0.29) is 24.4 Å². The minimum atomic E-state index is -4.44. The second kappa shape index (κ2) is 9.39. The number of aromatic nitrogens is 1. The molecule has 2 aromatic carbocycles. The molecule has 0 bridgehead atoms. The molecule has 0 aliphatic carbocycles. The summed E-state index contributed by atoms with van der Waals surface area (Å²) in [5.41, 5.74) is 1.21. The summed E-state index contributed by atoms with van der Waals surface area (Å²) in [6.45, 7) is 1.25. The number of benzene rings is 2. The zero-order chi connectivity index (χ0) is 22.4. The van der Waals surface area contributed by atoms with E-state index < -0.39 is 23.7 Å². The average molecular weight is 427 g/mol. The van der Waals surface area contributed by atoms with Crippen molar-refractivity contribution in [2.24, 2.45) is 0 Å². The van der Waals surface area contributed by atoms with Gasteiger partial charge in [-0.25, -0.2) is 0 Å². The van der Waals surface area contributed by atoms with Gasteiger partial charge in [0.25, 0.3) is 0 Å². The Balaban J connectivity index is 1.66. The summed E-state index contributed by atoms with van der Waals surface area (Å²) >= 11 is 0. The Labute approximate surface area is 177 Å². The fraction of sp³-hybridized carbons (Fsp3) is 0.217. The van der Waals surface area contributed by atoms with Gasteiger partial charge in [-0.05, 0) is 29.8 Å². The van der Waals surface area contributed by atoms with E-state index >= 15 is 0 Å². The maximum Gasteiger partial charge on any atom is 0.416 e. The molecule has 0 radical (unpaired) electrons. The van der Waals surface area contributed by atoms with Gasteiger partial charge in [-0.2, -0.15) is 13.2 Å². The molecule has 0 aliphatic rings. The summed E-state index contributed by atoms with van der Waals surface area (Å²) in [6.07, 6.45) is -2.38. The minimum absolute atomic E-state index is 0.0704. The highest BCUT2D eigenvalue weighted by molar-refractivity contribution is 5.89. The molecular formula is C23H20F3N3O2. The number of alkyl halides is 3. The van der Waals surface area contributed by atoms with E-state index in [0.717, 1.165) is 28.6 Å². The molecule has 1 heterocycles. The van der Waals surface area contributed by atoms with E-state index in [9.17, 15) is 22.8 Å². The number of fused-ring (bicyclic) bond motifs is 1. The lowest BCUT2D eigenvalue weighted by atomic mass is 10.0. The molecule has 3 N–H and O–H groups in total. The molecule has 0 fully saturated rings. The molecule has 1 atom stereocenters. The smallest absolute Gasteiger partial charge is 0.361 e. The normalized spacial score (nSPS) is 12.0. The zero-order valence-electron chi connectivity index (χ0n) is 16.6. The number of hydrogen-bond acceptors (Lipinski definition) is 2. The summed E-state index contributed by atoms with van der Waals surface area (Å²) in [5, 5.41) is 6.18. The molecule has 5 nitrogen and oxygen atoms in total. The van der Waals surface area contributed by atoms with Crippen molar-refractivity contribution in [1.29, 1.82) is 0 Å². The predicted molar refractivity (Wildman–Crippen MR) is 111 cm³/mol. The number of amides is 2. The van der Waals surface area contributed by atoms with Crippen molar-refractivity contribution in [2.75, 3.05) is 6.54 Å². The number of carbonyl (C=O) groups excluding carboxylic acids is 2. The quantitative estimate of drug-likeness (QED) is 0.546. The van der Waals surface area contributed by atoms with E-state index in [2.05, 4.69) is 27.5 Å². The number of carbonyl (C=O) groups is 2. The van der Waals surface area contributed by atoms with Crippen LogP contribution in [0.2, 0.25) is 0 Å². The van der Waals surface area contributed by atoms with E-state index in [0.29, 0.717) is 0 Å². The number of rotatable bonds is 5. The maximum absolute atomic E-state index is 12.8. The molecule has 2 amide bonds. The maximum atomic E-state index is 12.8. The molecular weight excluding hydrogens is 407 g/mol. The van der Waals surface area contributed by atoms with Crippen LogP contribution in [-0.2, 0) is 22.2 Å². The first-order chi connectivity index (χ1) is 14.7. The highest BCUT2D eigenvalue weighted by atomic mass is 19.4. The second-order valence-electron chi connectivity index (χ2n) is 6.91. The van der Waals surface area contributed by atoms with Crippen LogP contribution in [0.5, 0.6) is 0 Å². The predicted octanol–water partition coefficient (Wildman–Crippen LogP) is 3.40. The van der Waals surface area contributed by atoms with Crippen LogP contribution < -0.4 is 10.6 Å². The number of H-pyrrole nitrogens is 1. The van der Waals surface area contributed by atoms with Crippen molar-refractivity contribution < 1.29 is 22.8 Å². The van der Waals surface area contributed by atoms with Gasteiger partial charge in [0.05, 0.1) is 12.1 Å². The Kier molecular flexibility index (Phi) is 6.65. The monoisotopic (exact) mass is 427 g/mol. The first kappa shape index (κ1) is 22.0. The third-order valence-electron chi connectivity index (χ3n) is 4.57. The van der Waals surface area contributed by atoms with Crippen LogP contribution in [-0.4, -0.2) is 29.4 Å². The summed E-state index contributed by atoms with van der Waals surface area (Å²) in [4.78, 5) is 27.3. The molecule has 160 valence electrons. The Morgan fingerprint density at radius 1 is 1.13 bits per heavy atom. The Morgan fingerprint density at radius 2 is 1.90 bits per heavy atom. The number of para-hydroxylation sites is 1. The van der Waals surface area contributed by atoms with Crippen molar-refractivity contribution in [2.45, 2.75) is 25.6 Å². The van der Waals surface area contributed by atoms with Crippen LogP contribution in [0.3, 0.4) is 0 Å². The van der Waals surface area contributed by atoms with Gasteiger partial charge in [-0.3, -0.25) is 9.59 Å². The molecule has 0 spiro atoms. The van der Waals surface area contributed by atoms with Crippen LogP contribution in [0, 0.1) is 11.8 Å². The van der Waals surface area contributed by atoms with Gasteiger partial charge >= 0.3 is 6.18 Å². The summed E-state index contributed by atoms with van der Waals surface area (Å²) in [7, 11) is 0. The molecule has 3 rings (SSSR count). The van der Waals surface area contributed by atoms with E-state index in [1.807, 2.05) is 24.3 Å². The van der Waals surface area contributed by atoms with Gasteiger partial charge in [0.1, 0.15) is 6.04 Å². The lowest BCUT2D eigenvalue weighted by Crippen LogP contribution is -2.47. The molecule has 8 heteroatoms. The second-order valence-corrected chi connectivity index (χ2v) is 6.91. The topological polar surface area (TPSA) is 74.0 Å². The fourth-order valence-electron chi connectivity index (χ4n) is 3.15. The van der Waals surface area contributed by atoms with Gasteiger partial charge in [-0.15, -0.1) is 0 Å². The zero-order valence-corrected chi connectivity index (χ0v) is 16.6. The molecule has 0 unspecified atom stereocenters. The SMILES string of the molecule is CC(=O)N[C@@H](Cc1c[nH]c2ccccc12)C(=O)NCC#Cc1cccc(C(F)(F)F)c1. The Morgan fingerprint density at radius 3 is 2.65 bits per heavy atom. The largest absolute Gasteiger partial charge is 0.416 e. The number of hydrogen-bond donors (Lipinski definition) is 3. The van der Waals surface area contributed by atoms with E-state index in [1.54, 1.807) is 6.20 Å². The third-order valence-corrected chi connectivity index (χ3v) is 4.57. The van der Waals surface area contributed by atoms with E-state index in [4.69, 9.17) is 0 Å². The summed E-state index contributed by atoms with van der Waals surface area (Å²) in [5.74, 6) is 4.46.